The first-order valence-corrected chi connectivity index (χ1v) is 24.1. The Kier molecular flexibility index (Phi) is 14.0. The molecule has 7 aromatic rings. The van der Waals surface area contributed by atoms with Crippen molar-refractivity contribution in [2.75, 3.05) is 50.7 Å². The highest BCUT2D eigenvalue weighted by molar-refractivity contribution is 5.95. The zero-order chi connectivity index (χ0) is 51.8. The number of pyridine rings is 2. The number of nitrogens with zero attached hydrogens (tertiary/aromatic N) is 9. The molecular weight excluding hydrogens is 942 g/mol. The van der Waals surface area contributed by atoms with Gasteiger partial charge in [0.05, 0.1) is 39.0 Å². The second kappa shape index (κ2) is 20.5. The highest BCUT2D eigenvalue weighted by Gasteiger charge is 2.36. The third-order valence-corrected chi connectivity index (χ3v) is 13.6. The number of aryl methyl sites for hydroxylation is 1. The van der Waals surface area contributed by atoms with E-state index in [4.69, 9.17) is 0 Å². The minimum Gasteiger partial charge on any atom is -0.507 e. The number of carbonyl (C=O) groups excluding carboxylic acids is 3. The van der Waals surface area contributed by atoms with Gasteiger partial charge in [-0.25, -0.2) is 32.6 Å². The van der Waals surface area contributed by atoms with Crippen molar-refractivity contribution in [1.29, 1.82) is 0 Å². The predicted octanol–water partition coefficient (Wildman–Crippen LogP) is 6.83. The van der Waals surface area contributed by atoms with Crippen molar-refractivity contribution in [2.24, 2.45) is 5.92 Å². The molecule has 0 spiro atoms. The van der Waals surface area contributed by atoms with Crippen LogP contribution in [0.15, 0.2) is 101 Å². The maximum atomic E-state index is 15.8. The average molecular weight is 995 g/mol. The van der Waals surface area contributed by atoms with E-state index in [0.717, 1.165) is 35.9 Å². The summed E-state index contributed by atoms with van der Waals surface area (Å²) >= 11 is 0. The van der Waals surface area contributed by atoms with Gasteiger partial charge in [-0.3, -0.25) is 24.2 Å². The second-order valence-corrected chi connectivity index (χ2v) is 18.9. The molecule has 2 aliphatic heterocycles. The third kappa shape index (κ3) is 9.90. The lowest BCUT2D eigenvalue weighted by molar-refractivity contribution is -0.134. The summed E-state index contributed by atoms with van der Waals surface area (Å²) < 4.78 is 46.5. The first-order chi connectivity index (χ1) is 35.0. The maximum Gasteiger partial charge on any atom is 0.355 e. The van der Waals surface area contributed by atoms with Crippen molar-refractivity contribution in [1.82, 2.24) is 44.4 Å². The highest BCUT2D eigenvalue weighted by atomic mass is 19.1. The fraction of sp³-hybridized carbons (Fsp3) is 0.315. The molecule has 3 fully saturated rings. The van der Waals surface area contributed by atoms with Gasteiger partial charge in [-0.05, 0) is 92.3 Å². The minimum atomic E-state index is -0.897. The zero-order valence-corrected chi connectivity index (χ0v) is 40.7. The first kappa shape index (κ1) is 49.7. The van der Waals surface area contributed by atoms with Gasteiger partial charge in [0, 0.05) is 75.8 Å². The number of hydrogen-bond donors (Lipinski definition) is 2. The van der Waals surface area contributed by atoms with Crippen molar-refractivity contribution in [3.05, 3.63) is 158 Å². The molecule has 10 rings (SSSR count). The molecule has 19 heteroatoms. The summed E-state index contributed by atoms with van der Waals surface area (Å²) in [6.07, 6.45) is 5.15. The number of anilines is 1. The summed E-state index contributed by atoms with van der Waals surface area (Å²) in [5.74, 6) is -2.97. The third-order valence-electron chi connectivity index (χ3n) is 13.6. The smallest absolute Gasteiger partial charge is 0.355 e. The Morgan fingerprint density at radius 2 is 1.55 bits per heavy atom. The van der Waals surface area contributed by atoms with Gasteiger partial charge in [0.2, 0.25) is 11.8 Å². The van der Waals surface area contributed by atoms with E-state index >= 15 is 4.39 Å². The van der Waals surface area contributed by atoms with Crippen molar-refractivity contribution in [2.45, 2.75) is 58.9 Å². The lowest BCUT2D eigenvalue weighted by atomic mass is 10.0. The number of aromatic amines is 1. The van der Waals surface area contributed by atoms with Crippen LogP contribution in [0.5, 0.6) is 5.75 Å². The lowest BCUT2D eigenvalue weighted by Crippen LogP contribution is -2.54. The highest BCUT2D eigenvalue weighted by Crippen LogP contribution is 2.37. The number of nitrogens with one attached hydrogen (secondary N) is 1. The Labute approximate surface area is 417 Å². The standard InChI is InChI=1S/C30H30F2N6O3.C24H23FN4O3/c1-6-23(40)36-12-13-37(18(5)15-36)28-19-14-21(32)26(24-20(31)8-7-9-22(24)39)34-29(19)38(30(41)35-28)27-17(4)10-11-33-25(27)16(2)3;25-20-8-5-15(14-21-17-3-1-2-4-18(17)22(30)27-26-21)13-19(20)24(32)29-11-9-28(10-12-29)23(31)16-6-7-16/h6-11,14,16,18,39H,1,12-13,15H2,2-5H3;1-5,8,13,16H,6-7,9-12,14H2,(H,27,30). The topological polar surface area (TPSA) is 191 Å². The molecule has 3 amide bonds. The van der Waals surface area contributed by atoms with Gasteiger partial charge in [0.25, 0.3) is 11.5 Å². The van der Waals surface area contributed by atoms with Gasteiger partial charge in [0.1, 0.15) is 28.9 Å². The van der Waals surface area contributed by atoms with Crippen LogP contribution in [0, 0.1) is 30.3 Å². The van der Waals surface area contributed by atoms with Crippen LogP contribution in [0.25, 0.3) is 38.8 Å². The summed E-state index contributed by atoms with van der Waals surface area (Å²) in [7, 11) is 0. The second-order valence-electron chi connectivity index (χ2n) is 18.9. The zero-order valence-electron chi connectivity index (χ0n) is 40.7. The van der Waals surface area contributed by atoms with E-state index in [1.165, 1.54) is 28.8 Å². The number of aromatic nitrogens is 6. The molecule has 1 atom stereocenters. The number of piperazine rings is 2. The van der Waals surface area contributed by atoms with E-state index < -0.39 is 40.1 Å². The Morgan fingerprint density at radius 1 is 0.836 bits per heavy atom. The van der Waals surface area contributed by atoms with Crippen molar-refractivity contribution in [3.63, 3.8) is 0 Å². The van der Waals surface area contributed by atoms with Crippen LogP contribution in [-0.2, 0) is 16.0 Å². The molecule has 0 radical (unpaired) electrons. The van der Waals surface area contributed by atoms with Crippen LogP contribution in [0.2, 0.25) is 0 Å². The summed E-state index contributed by atoms with van der Waals surface area (Å²) in [6, 6.07) is 17.9. The molecule has 376 valence electrons. The Balaban J connectivity index is 0.000000185. The SMILES string of the molecule is C=CC(=O)N1CCN(c2nc(=O)n(-c3c(C)ccnc3C(C)C)c3nc(-c4c(O)cccc4F)c(F)cc23)C(C)C1.O=C(c1cc(Cc2n[nH]c(=O)c3ccccc23)ccc1F)N1CCN(C(=O)C2CC2)CC1. The van der Waals surface area contributed by atoms with Crippen LogP contribution >= 0.6 is 0 Å². The van der Waals surface area contributed by atoms with E-state index in [-0.39, 0.29) is 63.6 Å². The summed E-state index contributed by atoms with van der Waals surface area (Å²) in [5.41, 5.74) is 1.40. The normalized spacial score (nSPS) is 15.9. The van der Waals surface area contributed by atoms with E-state index in [1.807, 2.05) is 44.7 Å². The Morgan fingerprint density at radius 3 is 2.23 bits per heavy atom. The number of aromatic hydroxyl groups is 1. The van der Waals surface area contributed by atoms with Crippen LogP contribution in [-0.4, -0.2) is 119 Å². The molecule has 4 aromatic heterocycles. The molecular formula is C54H53F3N10O6. The number of carbonyl (C=O) groups is 3. The molecule has 1 aliphatic carbocycles. The van der Waals surface area contributed by atoms with E-state index in [9.17, 15) is 37.9 Å². The monoisotopic (exact) mass is 994 g/mol. The number of fused-ring (bicyclic) bond motifs is 2. The molecule has 3 aromatic carbocycles. The van der Waals surface area contributed by atoms with E-state index in [0.29, 0.717) is 80.3 Å². The molecule has 3 aliphatic rings. The van der Waals surface area contributed by atoms with Crippen LogP contribution < -0.4 is 16.1 Å². The first-order valence-electron chi connectivity index (χ1n) is 24.1. The predicted molar refractivity (Wildman–Crippen MR) is 269 cm³/mol. The van der Waals surface area contributed by atoms with E-state index in [1.54, 1.807) is 51.2 Å². The number of phenols is 1. The molecule has 0 bridgehead atoms. The molecule has 73 heavy (non-hydrogen) atoms. The van der Waals surface area contributed by atoms with Gasteiger partial charge in [-0.15, -0.1) is 0 Å². The van der Waals surface area contributed by atoms with Gasteiger partial charge in [-0.1, -0.05) is 50.8 Å². The molecule has 1 saturated carbocycles. The number of rotatable bonds is 9. The van der Waals surface area contributed by atoms with Gasteiger partial charge < -0.3 is 24.7 Å². The fourth-order valence-corrected chi connectivity index (χ4v) is 9.57. The summed E-state index contributed by atoms with van der Waals surface area (Å²) in [5, 5.41) is 18.6. The number of halogens is 3. The fourth-order valence-electron chi connectivity index (χ4n) is 9.57. The van der Waals surface area contributed by atoms with Crippen molar-refractivity contribution in [3.8, 4) is 22.7 Å². The van der Waals surface area contributed by atoms with Crippen molar-refractivity contribution < 1.29 is 32.7 Å². The number of phenolic OH excluding ortho intramolecular Hbond substituents is 1. The van der Waals surface area contributed by atoms with Gasteiger partial charge >= 0.3 is 5.69 Å². The summed E-state index contributed by atoms with van der Waals surface area (Å²) in [4.78, 5) is 83.7. The largest absolute Gasteiger partial charge is 0.507 e. The van der Waals surface area contributed by atoms with Gasteiger partial charge in [0.15, 0.2) is 11.5 Å². The van der Waals surface area contributed by atoms with Crippen LogP contribution in [0.1, 0.15) is 72.4 Å². The molecule has 2 N–H and O–H groups in total. The average Bonchev–Trinajstić information content (AvgIpc) is 4.24. The molecule has 16 nitrogen and oxygen atoms in total. The molecule has 6 heterocycles. The van der Waals surface area contributed by atoms with Crippen LogP contribution in [0.4, 0.5) is 19.0 Å². The number of hydrogen-bond acceptors (Lipinski definition) is 11. The Hall–Kier alpha value is -8.22. The number of benzene rings is 3. The summed E-state index contributed by atoms with van der Waals surface area (Å²) in [6.45, 7) is 13.9. The van der Waals surface area contributed by atoms with Crippen LogP contribution in [0.3, 0.4) is 0 Å². The van der Waals surface area contributed by atoms with Gasteiger partial charge in [-0.2, -0.15) is 10.1 Å². The molecule has 1 unspecified atom stereocenters. The van der Waals surface area contributed by atoms with Crippen molar-refractivity contribution >= 4 is 45.3 Å². The lowest BCUT2D eigenvalue weighted by Gasteiger charge is -2.40. The van der Waals surface area contributed by atoms with E-state index in [2.05, 4.69) is 31.7 Å². The Bertz CT molecular complexity index is 3440. The number of amides is 3. The maximum absolute atomic E-state index is 15.8. The minimum absolute atomic E-state index is 0.0122. The quantitative estimate of drug-likeness (QED) is 0.144. The molecule has 2 saturated heterocycles. The number of H-pyrrole nitrogens is 1.